The summed E-state index contributed by atoms with van der Waals surface area (Å²) in [5.41, 5.74) is 1.17. The predicted octanol–water partition coefficient (Wildman–Crippen LogP) is 3.54. The van der Waals surface area contributed by atoms with Crippen LogP contribution in [0.4, 0.5) is 0 Å². The Morgan fingerprint density at radius 2 is 1.82 bits per heavy atom. The molecule has 2 aromatic heterocycles. The van der Waals surface area contributed by atoms with Crippen LogP contribution in [0.15, 0.2) is 58.5 Å². The molecule has 0 bridgehead atoms. The van der Waals surface area contributed by atoms with Crippen LogP contribution in [0.3, 0.4) is 0 Å². The molecule has 4 aromatic rings. The summed E-state index contributed by atoms with van der Waals surface area (Å²) in [5.74, 6) is 1.44. The Balaban J connectivity index is 1.58. The van der Waals surface area contributed by atoms with Crippen molar-refractivity contribution < 1.29 is 9.53 Å². The van der Waals surface area contributed by atoms with Crippen molar-refractivity contribution in [1.29, 1.82) is 0 Å². The lowest BCUT2D eigenvalue weighted by Crippen LogP contribution is -2.33. The monoisotopic (exact) mass is 463 g/mol. The Morgan fingerprint density at radius 3 is 2.61 bits per heavy atom. The van der Waals surface area contributed by atoms with Gasteiger partial charge in [0.25, 0.3) is 5.56 Å². The number of thioether (sulfide) groups is 1. The molecule has 9 heteroatoms. The number of rotatable bonds is 5. The van der Waals surface area contributed by atoms with Crippen LogP contribution in [0.25, 0.3) is 22.4 Å². The summed E-state index contributed by atoms with van der Waals surface area (Å²) in [7, 11) is 1.59. The summed E-state index contributed by atoms with van der Waals surface area (Å²) in [6.07, 6.45) is 4.47. The van der Waals surface area contributed by atoms with Crippen molar-refractivity contribution in [3.8, 4) is 11.4 Å². The third-order valence-electron chi connectivity index (χ3n) is 5.99. The molecule has 0 unspecified atom stereocenters. The van der Waals surface area contributed by atoms with Gasteiger partial charge in [-0.25, -0.2) is 4.57 Å². The highest BCUT2D eigenvalue weighted by molar-refractivity contribution is 7.99. The molecule has 2 aromatic carbocycles. The number of likely N-dealkylation sites (tertiary alicyclic amines) is 1. The van der Waals surface area contributed by atoms with E-state index in [1.807, 2.05) is 45.7 Å². The Bertz CT molecular complexity index is 1370. The van der Waals surface area contributed by atoms with Crippen LogP contribution in [0, 0.1) is 0 Å². The van der Waals surface area contributed by atoms with E-state index in [1.165, 1.54) is 24.6 Å². The van der Waals surface area contributed by atoms with E-state index in [4.69, 9.17) is 4.74 Å². The summed E-state index contributed by atoms with van der Waals surface area (Å²) in [6, 6.07) is 14.7. The number of carbonyl (C=O) groups is 1. The van der Waals surface area contributed by atoms with E-state index in [0.717, 1.165) is 25.9 Å². The van der Waals surface area contributed by atoms with Gasteiger partial charge in [0.1, 0.15) is 5.75 Å². The van der Waals surface area contributed by atoms with Gasteiger partial charge in [-0.2, -0.15) is 0 Å². The minimum absolute atomic E-state index is 0.115. The molecule has 0 N–H and O–H groups in total. The number of carbonyl (C=O) groups excluding carboxylic acids is 1. The van der Waals surface area contributed by atoms with Crippen molar-refractivity contribution in [3.05, 3.63) is 58.9 Å². The van der Waals surface area contributed by atoms with Crippen molar-refractivity contribution in [2.75, 3.05) is 26.0 Å². The van der Waals surface area contributed by atoms with Crippen LogP contribution in [0.1, 0.15) is 25.7 Å². The van der Waals surface area contributed by atoms with E-state index in [1.54, 1.807) is 23.8 Å². The predicted molar refractivity (Wildman–Crippen MR) is 128 cm³/mol. The van der Waals surface area contributed by atoms with E-state index in [-0.39, 0.29) is 17.2 Å². The maximum absolute atomic E-state index is 13.4. The van der Waals surface area contributed by atoms with Gasteiger partial charge < -0.3 is 9.64 Å². The van der Waals surface area contributed by atoms with Crippen LogP contribution in [0.2, 0.25) is 0 Å². The van der Waals surface area contributed by atoms with Crippen LogP contribution in [-0.2, 0) is 4.79 Å². The van der Waals surface area contributed by atoms with Crippen molar-refractivity contribution in [3.63, 3.8) is 0 Å². The molecule has 170 valence electrons. The third-order valence-corrected chi connectivity index (χ3v) is 6.90. The highest BCUT2D eigenvalue weighted by atomic mass is 32.2. The van der Waals surface area contributed by atoms with Crippen molar-refractivity contribution in [1.82, 2.24) is 24.1 Å². The molecule has 0 radical (unpaired) electrons. The molecule has 8 nitrogen and oxygen atoms in total. The summed E-state index contributed by atoms with van der Waals surface area (Å²) in [6.45, 7) is 1.64. The van der Waals surface area contributed by atoms with Gasteiger partial charge in [-0.15, -0.1) is 10.2 Å². The summed E-state index contributed by atoms with van der Waals surface area (Å²) >= 11 is 1.36. The first-order valence-corrected chi connectivity index (χ1v) is 12.1. The zero-order valence-corrected chi connectivity index (χ0v) is 19.3. The normalized spacial score (nSPS) is 14.5. The maximum atomic E-state index is 13.4. The van der Waals surface area contributed by atoms with Crippen LogP contribution < -0.4 is 10.3 Å². The van der Waals surface area contributed by atoms with Crippen LogP contribution in [-0.4, -0.2) is 55.9 Å². The summed E-state index contributed by atoms with van der Waals surface area (Å²) in [4.78, 5) is 28.2. The number of aromatic nitrogens is 4. The fourth-order valence-electron chi connectivity index (χ4n) is 4.29. The molecule has 3 heterocycles. The minimum atomic E-state index is -0.184. The second-order valence-electron chi connectivity index (χ2n) is 8.06. The third kappa shape index (κ3) is 4.08. The molecule has 0 atom stereocenters. The van der Waals surface area contributed by atoms with Gasteiger partial charge in [0.2, 0.25) is 11.7 Å². The number of para-hydroxylation sites is 1. The smallest absolute Gasteiger partial charge is 0.267 e. The van der Waals surface area contributed by atoms with E-state index >= 15 is 0 Å². The SMILES string of the molecule is COc1cccc(-n2c(=O)c3ccccc3n3c(SCC(=O)N4CCCCCC4)nnc23)c1. The average Bonchev–Trinajstić information content (AvgIpc) is 3.07. The number of benzene rings is 2. The van der Waals surface area contributed by atoms with Gasteiger partial charge in [-0.3, -0.25) is 14.0 Å². The largest absolute Gasteiger partial charge is 0.497 e. The number of fused-ring (bicyclic) bond motifs is 3. The quantitative estimate of drug-likeness (QED) is 0.421. The molecular formula is C24H25N5O3S. The van der Waals surface area contributed by atoms with Gasteiger partial charge in [-0.1, -0.05) is 42.8 Å². The van der Waals surface area contributed by atoms with Gasteiger partial charge in [0.05, 0.1) is 29.5 Å². The highest BCUT2D eigenvalue weighted by Crippen LogP contribution is 2.25. The van der Waals surface area contributed by atoms with E-state index in [2.05, 4.69) is 10.2 Å². The van der Waals surface area contributed by atoms with E-state index < -0.39 is 0 Å². The van der Waals surface area contributed by atoms with E-state index in [0.29, 0.717) is 33.3 Å². The molecule has 1 fully saturated rings. The Hall–Kier alpha value is -3.33. The molecule has 33 heavy (non-hydrogen) atoms. The van der Waals surface area contributed by atoms with Crippen LogP contribution in [0.5, 0.6) is 5.75 Å². The maximum Gasteiger partial charge on any atom is 0.267 e. The number of nitrogens with zero attached hydrogens (tertiary/aromatic N) is 5. The molecular weight excluding hydrogens is 438 g/mol. The molecule has 5 rings (SSSR count). The first-order valence-electron chi connectivity index (χ1n) is 11.1. The van der Waals surface area contributed by atoms with Crippen molar-refractivity contribution >= 4 is 34.3 Å². The average molecular weight is 464 g/mol. The Labute approximate surface area is 195 Å². The van der Waals surface area contributed by atoms with E-state index in [9.17, 15) is 9.59 Å². The first-order chi connectivity index (χ1) is 16.2. The number of hydrogen-bond acceptors (Lipinski definition) is 6. The highest BCUT2D eigenvalue weighted by Gasteiger charge is 2.21. The molecule has 1 amide bonds. The second kappa shape index (κ2) is 9.27. The van der Waals surface area contributed by atoms with Gasteiger partial charge in [0, 0.05) is 19.2 Å². The molecule has 1 saturated heterocycles. The number of ether oxygens (including phenoxy) is 1. The Morgan fingerprint density at radius 1 is 1.03 bits per heavy atom. The standard InChI is InChI=1S/C24H25N5O3S/c1-32-18-10-8-9-17(15-18)28-22(31)19-11-4-5-12-20(19)29-23(28)25-26-24(29)33-16-21(30)27-13-6-2-3-7-14-27/h4-5,8-12,15H,2-3,6-7,13-14,16H2,1H3. The Kier molecular flexibility index (Phi) is 6.04. The lowest BCUT2D eigenvalue weighted by atomic mass is 10.2. The zero-order chi connectivity index (χ0) is 22.8. The molecule has 0 spiro atoms. The molecule has 0 aliphatic carbocycles. The first kappa shape index (κ1) is 21.5. The molecule has 0 saturated carbocycles. The zero-order valence-electron chi connectivity index (χ0n) is 18.4. The van der Waals surface area contributed by atoms with Crippen molar-refractivity contribution in [2.24, 2.45) is 0 Å². The number of hydrogen-bond donors (Lipinski definition) is 0. The molecule has 1 aliphatic heterocycles. The van der Waals surface area contributed by atoms with Gasteiger partial charge in [0.15, 0.2) is 5.16 Å². The fourth-order valence-corrected chi connectivity index (χ4v) is 5.13. The fraction of sp³-hybridized carbons (Fsp3) is 0.333. The second-order valence-corrected chi connectivity index (χ2v) is 9.00. The minimum Gasteiger partial charge on any atom is -0.497 e. The van der Waals surface area contributed by atoms with Gasteiger partial charge >= 0.3 is 0 Å². The lowest BCUT2D eigenvalue weighted by molar-refractivity contribution is -0.128. The summed E-state index contributed by atoms with van der Waals surface area (Å²) < 4.78 is 8.75. The number of amides is 1. The number of methoxy groups -OCH3 is 1. The van der Waals surface area contributed by atoms with Gasteiger partial charge in [-0.05, 0) is 37.1 Å². The lowest BCUT2D eigenvalue weighted by Gasteiger charge is -2.19. The molecule has 1 aliphatic rings. The van der Waals surface area contributed by atoms with Crippen LogP contribution >= 0.6 is 11.8 Å². The summed E-state index contributed by atoms with van der Waals surface area (Å²) in [5, 5.41) is 9.86. The topological polar surface area (TPSA) is 81.7 Å². The van der Waals surface area contributed by atoms with Crippen molar-refractivity contribution in [2.45, 2.75) is 30.8 Å².